The second-order valence-corrected chi connectivity index (χ2v) is 6.40. The number of aliphatic hydroxyl groups is 1. The quantitative estimate of drug-likeness (QED) is 0.805. The molecule has 7 heteroatoms. The standard InChI is InChI=1S/C15H21N5OS/c1-11-4-3-5-14(12(11)2)20-15(22)19(16-17-20)10-18-8-6-13(21)7-9-18/h3-5,13,21H,6-10H2,1-2H3/p+1. The molecule has 1 fully saturated rings. The summed E-state index contributed by atoms with van der Waals surface area (Å²) in [5, 5.41) is 18.0. The lowest BCUT2D eigenvalue weighted by Gasteiger charge is -2.25. The molecule has 0 spiro atoms. The fraction of sp³-hybridized carbons (Fsp3) is 0.533. The van der Waals surface area contributed by atoms with Crippen LogP contribution in [-0.4, -0.2) is 44.1 Å². The van der Waals surface area contributed by atoms with E-state index in [1.807, 2.05) is 12.1 Å². The largest absolute Gasteiger partial charge is 0.393 e. The molecule has 0 radical (unpaired) electrons. The smallest absolute Gasteiger partial charge is 0.225 e. The zero-order valence-electron chi connectivity index (χ0n) is 13.0. The highest BCUT2D eigenvalue weighted by atomic mass is 32.1. The predicted molar refractivity (Wildman–Crippen MR) is 85.6 cm³/mol. The fourth-order valence-electron chi connectivity index (χ4n) is 2.87. The van der Waals surface area contributed by atoms with E-state index in [-0.39, 0.29) is 6.10 Å². The van der Waals surface area contributed by atoms with Crippen LogP contribution in [-0.2, 0) is 6.67 Å². The number of hydrogen-bond donors (Lipinski definition) is 2. The molecule has 1 aliphatic heterocycles. The minimum atomic E-state index is -0.151. The number of aromatic nitrogens is 4. The minimum absolute atomic E-state index is 0.151. The van der Waals surface area contributed by atoms with Gasteiger partial charge in [-0.3, -0.25) is 0 Å². The molecule has 1 aromatic heterocycles. The van der Waals surface area contributed by atoms with Gasteiger partial charge in [0.15, 0.2) is 6.67 Å². The highest BCUT2D eigenvalue weighted by molar-refractivity contribution is 7.71. The van der Waals surface area contributed by atoms with Gasteiger partial charge < -0.3 is 10.0 Å². The number of aliphatic hydroxyl groups excluding tert-OH is 1. The van der Waals surface area contributed by atoms with Crippen LogP contribution in [0.15, 0.2) is 18.2 Å². The molecule has 0 bridgehead atoms. The second kappa shape index (κ2) is 6.28. The van der Waals surface area contributed by atoms with Crippen molar-refractivity contribution in [2.75, 3.05) is 13.1 Å². The van der Waals surface area contributed by atoms with E-state index in [1.54, 1.807) is 9.36 Å². The molecule has 0 aliphatic carbocycles. The molecule has 0 unspecified atom stereocenters. The van der Waals surface area contributed by atoms with Gasteiger partial charge in [0.05, 0.1) is 24.9 Å². The number of hydrogen-bond acceptors (Lipinski definition) is 4. The van der Waals surface area contributed by atoms with E-state index in [0.717, 1.165) is 31.6 Å². The van der Waals surface area contributed by atoms with Gasteiger partial charge in [0.1, 0.15) is 0 Å². The SMILES string of the molecule is Cc1cccc(-n2nnn(C[NH+]3CCC(O)CC3)c2=S)c1C. The van der Waals surface area contributed by atoms with Gasteiger partial charge in [-0.1, -0.05) is 12.1 Å². The Morgan fingerprint density at radius 2 is 2.00 bits per heavy atom. The number of piperidine rings is 1. The summed E-state index contributed by atoms with van der Waals surface area (Å²) >= 11 is 5.54. The van der Waals surface area contributed by atoms with E-state index in [4.69, 9.17) is 12.2 Å². The van der Waals surface area contributed by atoms with Gasteiger partial charge in [0.25, 0.3) is 0 Å². The van der Waals surface area contributed by atoms with E-state index < -0.39 is 0 Å². The Morgan fingerprint density at radius 1 is 1.27 bits per heavy atom. The monoisotopic (exact) mass is 320 g/mol. The topological polar surface area (TPSA) is 60.3 Å². The Labute approximate surface area is 135 Å². The highest BCUT2D eigenvalue weighted by Gasteiger charge is 2.21. The number of aryl methyl sites for hydroxylation is 1. The van der Waals surface area contributed by atoms with Gasteiger partial charge in [-0.15, -0.1) is 0 Å². The molecule has 2 N–H and O–H groups in total. The van der Waals surface area contributed by atoms with Gasteiger partial charge in [0, 0.05) is 12.8 Å². The Hall–Kier alpha value is -1.57. The molecule has 0 saturated carbocycles. The number of likely N-dealkylation sites (tertiary alicyclic amines) is 1. The van der Waals surface area contributed by atoms with Gasteiger partial charge in [-0.25, -0.2) is 0 Å². The summed E-state index contributed by atoms with van der Waals surface area (Å²) in [6.45, 7) is 6.74. The lowest BCUT2D eigenvalue weighted by molar-refractivity contribution is -0.929. The third-order valence-corrected chi connectivity index (χ3v) is 4.86. The first kappa shape index (κ1) is 15.3. The van der Waals surface area contributed by atoms with Gasteiger partial charge in [-0.2, -0.15) is 9.36 Å². The van der Waals surface area contributed by atoms with Crippen LogP contribution in [0.3, 0.4) is 0 Å². The maximum Gasteiger partial charge on any atom is 0.225 e. The molecule has 1 saturated heterocycles. The molecule has 6 nitrogen and oxygen atoms in total. The molecule has 2 aromatic rings. The average Bonchev–Trinajstić information content (AvgIpc) is 2.86. The summed E-state index contributed by atoms with van der Waals surface area (Å²) < 4.78 is 4.13. The number of benzene rings is 1. The maximum absolute atomic E-state index is 9.58. The van der Waals surface area contributed by atoms with E-state index in [0.29, 0.717) is 11.4 Å². The van der Waals surface area contributed by atoms with Crippen molar-refractivity contribution in [3.63, 3.8) is 0 Å². The average molecular weight is 320 g/mol. The van der Waals surface area contributed by atoms with Crippen LogP contribution in [0, 0.1) is 18.6 Å². The Morgan fingerprint density at radius 3 is 2.73 bits per heavy atom. The van der Waals surface area contributed by atoms with Crippen molar-refractivity contribution in [2.24, 2.45) is 0 Å². The number of quaternary nitrogens is 1. The van der Waals surface area contributed by atoms with Gasteiger partial charge >= 0.3 is 0 Å². The molecule has 0 atom stereocenters. The first-order valence-electron chi connectivity index (χ1n) is 7.67. The molecule has 1 aromatic carbocycles. The van der Waals surface area contributed by atoms with Crippen LogP contribution >= 0.6 is 12.2 Å². The lowest BCUT2D eigenvalue weighted by atomic mass is 10.1. The van der Waals surface area contributed by atoms with Crippen LogP contribution in [0.2, 0.25) is 0 Å². The Balaban J connectivity index is 1.83. The second-order valence-electron chi connectivity index (χ2n) is 6.03. The van der Waals surface area contributed by atoms with E-state index in [2.05, 4.69) is 30.3 Å². The van der Waals surface area contributed by atoms with Crippen LogP contribution in [0.1, 0.15) is 24.0 Å². The molecule has 118 valence electrons. The number of tetrazole rings is 1. The maximum atomic E-state index is 9.58. The molecular weight excluding hydrogens is 298 g/mol. The van der Waals surface area contributed by atoms with Crippen LogP contribution in [0.4, 0.5) is 0 Å². The number of nitrogens with zero attached hydrogens (tertiary/aromatic N) is 4. The van der Waals surface area contributed by atoms with E-state index in [9.17, 15) is 5.11 Å². The van der Waals surface area contributed by atoms with Gasteiger partial charge in [0.2, 0.25) is 4.77 Å². The van der Waals surface area contributed by atoms with Crippen LogP contribution < -0.4 is 4.90 Å². The fourth-order valence-corrected chi connectivity index (χ4v) is 3.11. The lowest BCUT2D eigenvalue weighted by Crippen LogP contribution is -3.12. The van der Waals surface area contributed by atoms with Crippen molar-refractivity contribution in [2.45, 2.75) is 39.5 Å². The van der Waals surface area contributed by atoms with Crippen molar-refractivity contribution in [3.05, 3.63) is 34.1 Å². The molecule has 22 heavy (non-hydrogen) atoms. The minimum Gasteiger partial charge on any atom is -0.393 e. The van der Waals surface area contributed by atoms with Crippen LogP contribution in [0.5, 0.6) is 0 Å². The summed E-state index contributed by atoms with van der Waals surface area (Å²) in [6.07, 6.45) is 1.53. The highest BCUT2D eigenvalue weighted by Crippen LogP contribution is 2.16. The van der Waals surface area contributed by atoms with E-state index >= 15 is 0 Å². The van der Waals surface area contributed by atoms with Crippen molar-refractivity contribution >= 4 is 12.2 Å². The van der Waals surface area contributed by atoms with Crippen molar-refractivity contribution in [3.8, 4) is 5.69 Å². The summed E-state index contributed by atoms with van der Waals surface area (Å²) in [7, 11) is 0. The Bertz CT molecular complexity index is 715. The normalized spacial score (nSPS) is 22.0. The van der Waals surface area contributed by atoms with Crippen LogP contribution in [0.25, 0.3) is 5.69 Å². The summed E-state index contributed by atoms with van der Waals surface area (Å²) in [5.41, 5.74) is 3.36. The van der Waals surface area contributed by atoms with Crippen molar-refractivity contribution < 1.29 is 10.0 Å². The molecule has 1 aliphatic rings. The predicted octanol–water partition coefficient (Wildman–Crippen LogP) is 0.412. The molecular formula is C15H22N5OS+. The summed E-state index contributed by atoms with van der Waals surface area (Å²) in [6, 6.07) is 6.10. The zero-order valence-corrected chi connectivity index (χ0v) is 13.8. The molecule has 3 rings (SSSR count). The van der Waals surface area contributed by atoms with Crippen molar-refractivity contribution in [1.29, 1.82) is 0 Å². The molecule has 2 heterocycles. The third kappa shape index (κ3) is 2.97. The number of nitrogens with one attached hydrogen (secondary N) is 1. The zero-order chi connectivity index (χ0) is 15.7. The third-order valence-electron chi connectivity index (χ3n) is 4.48. The summed E-state index contributed by atoms with van der Waals surface area (Å²) in [4.78, 5) is 1.38. The van der Waals surface area contributed by atoms with E-state index in [1.165, 1.54) is 16.0 Å². The number of rotatable bonds is 3. The first-order valence-corrected chi connectivity index (χ1v) is 8.08. The van der Waals surface area contributed by atoms with Gasteiger partial charge in [-0.05, 0) is 53.7 Å². The Kier molecular flexibility index (Phi) is 4.37. The molecule has 0 amide bonds. The van der Waals surface area contributed by atoms with Crippen molar-refractivity contribution in [1.82, 2.24) is 19.8 Å². The summed E-state index contributed by atoms with van der Waals surface area (Å²) in [5.74, 6) is 0. The first-order chi connectivity index (χ1) is 10.6.